The van der Waals surface area contributed by atoms with Crippen molar-refractivity contribution in [1.29, 1.82) is 0 Å². The van der Waals surface area contributed by atoms with Crippen LogP contribution in [0.25, 0.3) is 0 Å². The van der Waals surface area contributed by atoms with Crippen LogP contribution in [0, 0.1) is 0 Å². The Hall–Kier alpha value is -4.18. The Balaban J connectivity index is 1.01. The Bertz CT molecular complexity index is 1310. The van der Waals surface area contributed by atoms with Gasteiger partial charge in [0.1, 0.15) is 11.5 Å². The topological polar surface area (TPSA) is 43.2 Å². The molecular weight excluding hydrogens is 564 g/mol. The van der Waals surface area contributed by atoms with E-state index in [1.165, 1.54) is 62.5 Å². The molecule has 4 aromatic carbocycles. The zero-order valence-corrected chi connectivity index (χ0v) is 28.0. The fourth-order valence-electron chi connectivity index (χ4n) is 5.15. The summed E-state index contributed by atoms with van der Waals surface area (Å²) >= 11 is 0. The minimum absolute atomic E-state index is 0.757. The van der Waals surface area contributed by atoms with Crippen LogP contribution in [0.5, 0.6) is 11.5 Å². The standard InChI is InChI=1S/C42H52N2O2/c1-3-5-13-35-15-23-39(24-16-35)43-33-37-19-27-41(28-20-37)45-31-11-9-7-8-10-12-32-46-42-29-21-38(22-30-42)34-44-40-25-17-36(18-26-40)14-6-4-2/h15-30,33-34H,3-14,31-32H2,1-2H3. The Labute approximate surface area is 277 Å². The van der Waals surface area contributed by atoms with Gasteiger partial charge in [0, 0.05) is 12.4 Å². The van der Waals surface area contributed by atoms with Gasteiger partial charge in [0.25, 0.3) is 0 Å². The van der Waals surface area contributed by atoms with Crippen LogP contribution in [0.1, 0.15) is 100 Å². The predicted molar refractivity (Wildman–Crippen MR) is 196 cm³/mol. The lowest BCUT2D eigenvalue weighted by atomic mass is 10.1. The highest BCUT2D eigenvalue weighted by Crippen LogP contribution is 2.18. The second kappa shape index (κ2) is 20.8. The molecule has 0 N–H and O–H groups in total. The molecule has 0 fully saturated rings. The van der Waals surface area contributed by atoms with E-state index in [-0.39, 0.29) is 0 Å². The largest absolute Gasteiger partial charge is 0.494 e. The number of nitrogens with zero attached hydrogens (tertiary/aromatic N) is 2. The summed E-state index contributed by atoms with van der Waals surface area (Å²) in [6.07, 6.45) is 18.0. The maximum absolute atomic E-state index is 5.95. The Kier molecular flexibility index (Phi) is 15.7. The molecule has 0 heterocycles. The minimum Gasteiger partial charge on any atom is -0.494 e. The molecule has 4 aromatic rings. The van der Waals surface area contributed by atoms with Crippen molar-refractivity contribution in [3.63, 3.8) is 0 Å². The van der Waals surface area contributed by atoms with Gasteiger partial charge in [-0.1, -0.05) is 76.6 Å². The smallest absolute Gasteiger partial charge is 0.119 e. The van der Waals surface area contributed by atoms with E-state index < -0.39 is 0 Å². The molecule has 46 heavy (non-hydrogen) atoms. The predicted octanol–water partition coefficient (Wildman–Crippen LogP) is 11.7. The van der Waals surface area contributed by atoms with E-state index in [2.05, 4.69) is 96.6 Å². The van der Waals surface area contributed by atoms with Gasteiger partial charge in [0.05, 0.1) is 24.6 Å². The van der Waals surface area contributed by atoms with Crippen LogP contribution in [0.3, 0.4) is 0 Å². The van der Waals surface area contributed by atoms with Gasteiger partial charge in [-0.2, -0.15) is 0 Å². The molecule has 0 atom stereocenters. The van der Waals surface area contributed by atoms with E-state index in [0.717, 1.165) is 72.9 Å². The quantitative estimate of drug-likeness (QED) is 0.0690. The SMILES string of the molecule is CCCCc1ccc(N=Cc2ccc(OCCCCCCCCOc3ccc(C=Nc4ccc(CCCC)cc4)cc3)cc2)cc1. The van der Waals surface area contributed by atoms with Crippen molar-refractivity contribution in [1.82, 2.24) is 0 Å². The fraction of sp³-hybridized carbons (Fsp3) is 0.381. The van der Waals surface area contributed by atoms with Crippen molar-refractivity contribution in [2.75, 3.05) is 13.2 Å². The summed E-state index contributed by atoms with van der Waals surface area (Å²) in [5.41, 5.74) is 6.89. The van der Waals surface area contributed by atoms with E-state index in [0.29, 0.717) is 0 Å². The van der Waals surface area contributed by atoms with Gasteiger partial charge in [-0.25, -0.2) is 0 Å². The lowest BCUT2D eigenvalue weighted by Crippen LogP contribution is -1.98. The molecule has 0 amide bonds. The molecule has 0 saturated carbocycles. The number of rotatable bonds is 21. The third kappa shape index (κ3) is 13.4. The summed E-state index contributed by atoms with van der Waals surface area (Å²) in [7, 11) is 0. The van der Waals surface area contributed by atoms with Crippen LogP contribution in [-0.2, 0) is 12.8 Å². The van der Waals surface area contributed by atoms with Crippen LogP contribution < -0.4 is 9.47 Å². The summed E-state index contributed by atoms with van der Waals surface area (Å²) in [5.74, 6) is 1.84. The normalized spacial score (nSPS) is 11.4. The van der Waals surface area contributed by atoms with Crippen LogP contribution in [0.15, 0.2) is 107 Å². The summed E-state index contributed by atoms with van der Waals surface area (Å²) in [5, 5.41) is 0. The van der Waals surface area contributed by atoms with Gasteiger partial charge in [-0.05, 0) is 134 Å². The zero-order chi connectivity index (χ0) is 32.1. The van der Waals surface area contributed by atoms with E-state index >= 15 is 0 Å². The molecule has 0 saturated heterocycles. The van der Waals surface area contributed by atoms with Crippen molar-refractivity contribution in [3.05, 3.63) is 119 Å². The maximum Gasteiger partial charge on any atom is 0.119 e. The number of hydrogen-bond donors (Lipinski definition) is 0. The molecule has 0 aliphatic carbocycles. The van der Waals surface area contributed by atoms with E-state index in [1.807, 2.05) is 36.7 Å². The average Bonchev–Trinajstić information content (AvgIpc) is 3.10. The summed E-state index contributed by atoms with van der Waals surface area (Å²) < 4.78 is 11.9. The first kappa shape index (κ1) is 34.7. The highest BCUT2D eigenvalue weighted by atomic mass is 16.5. The van der Waals surface area contributed by atoms with Crippen molar-refractivity contribution >= 4 is 23.8 Å². The van der Waals surface area contributed by atoms with Gasteiger partial charge in [-0.3, -0.25) is 9.98 Å². The highest BCUT2D eigenvalue weighted by molar-refractivity contribution is 5.82. The monoisotopic (exact) mass is 616 g/mol. The second-order valence-corrected chi connectivity index (χ2v) is 12.0. The summed E-state index contributed by atoms with van der Waals surface area (Å²) in [4.78, 5) is 9.23. The number of unbranched alkanes of at least 4 members (excludes halogenated alkanes) is 7. The molecule has 0 aromatic heterocycles. The minimum atomic E-state index is 0.757. The van der Waals surface area contributed by atoms with Gasteiger partial charge in [0.2, 0.25) is 0 Å². The molecule has 0 spiro atoms. The third-order valence-corrected chi connectivity index (χ3v) is 8.07. The molecule has 4 nitrogen and oxygen atoms in total. The van der Waals surface area contributed by atoms with E-state index in [1.54, 1.807) is 0 Å². The van der Waals surface area contributed by atoms with E-state index in [9.17, 15) is 0 Å². The summed E-state index contributed by atoms with van der Waals surface area (Å²) in [6.45, 7) is 5.97. The molecule has 0 bridgehead atoms. The molecule has 4 rings (SSSR count). The Morgan fingerprint density at radius 1 is 0.435 bits per heavy atom. The Morgan fingerprint density at radius 3 is 1.17 bits per heavy atom. The van der Waals surface area contributed by atoms with Crippen molar-refractivity contribution < 1.29 is 9.47 Å². The van der Waals surface area contributed by atoms with Gasteiger partial charge >= 0.3 is 0 Å². The number of ether oxygens (including phenoxy) is 2. The van der Waals surface area contributed by atoms with Crippen molar-refractivity contribution in [3.8, 4) is 11.5 Å². The Morgan fingerprint density at radius 2 is 0.804 bits per heavy atom. The van der Waals surface area contributed by atoms with Crippen molar-refractivity contribution in [2.24, 2.45) is 9.98 Å². The lowest BCUT2D eigenvalue weighted by Gasteiger charge is -2.07. The van der Waals surface area contributed by atoms with Gasteiger partial charge in [0.15, 0.2) is 0 Å². The molecule has 0 aliphatic rings. The van der Waals surface area contributed by atoms with Gasteiger partial charge in [-0.15, -0.1) is 0 Å². The van der Waals surface area contributed by atoms with E-state index in [4.69, 9.17) is 9.47 Å². The number of benzene rings is 4. The molecule has 0 unspecified atom stereocenters. The zero-order valence-electron chi connectivity index (χ0n) is 28.0. The van der Waals surface area contributed by atoms with Gasteiger partial charge < -0.3 is 9.47 Å². The van der Waals surface area contributed by atoms with Crippen LogP contribution in [-0.4, -0.2) is 25.6 Å². The fourth-order valence-corrected chi connectivity index (χ4v) is 5.15. The molecule has 0 aliphatic heterocycles. The van der Waals surface area contributed by atoms with Crippen molar-refractivity contribution in [2.45, 2.75) is 90.9 Å². The molecule has 4 heteroatoms. The van der Waals surface area contributed by atoms with Crippen LogP contribution in [0.2, 0.25) is 0 Å². The second-order valence-electron chi connectivity index (χ2n) is 12.0. The first-order chi connectivity index (χ1) is 22.7. The molecular formula is C42H52N2O2. The summed E-state index contributed by atoms with van der Waals surface area (Å²) in [6, 6.07) is 33.5. The molecule has 0 radical (unpaired) electrons. The average molecular weight is 617 g/mol. The van der Waals surface area contributed by atoms with Crippen LogP contribution in [0.4, 0.5) is 11.4 Å². The number of aryl methyl sites for hydroxylation is 2. The first-order valence-corrected chi connectivity index (χ1v) is 17.4. The highest BCUT2D eigenvalue weighted by Gasteiger charge is 1.99. The number of hydrogen-bond acceptors (Lipinski definition) is 4. The number of aliphatic imine (C=N–C) groups is 2. The first-order valence-electron chi connectivity index (χ1n) is 17.4. The van der Waals surface area contributed by atoms with Crippen LogP contribution >= 0.6 is 0 Å². The lowest BCUT2D eigenvalue weighted by molar-refractivity contribution is 0.297. The third-order valence-electron chi connectivity index (χ3n) is 8.07. The maximum atomic E-state index is 5.95. The molecule has 242 valence electrons.